The number of hydrogen-bond acceptors (Lipinski definition) is 3. The molecular weight excluding hydrogens is 160 g/mol. The predicted molar refractivity (Wildman–Crippen MR) is 42.7 cm³/mol. The fourth-order valence-electron chi connectivity index (χ4n) is 0.870. The maximum absolute atomic E-state index is 10.6. The molecule has 0 aliphatic rings. The predicted octanol–water partition coefficient (Wildman–Crippen LogP) is 1.19. The van der Waals surface area contributed by atoms with Crippen LogP contribution in [-0.4, -0.2) is 23.1 Å². The lowest BCUT2D eigenvalue weighted by molar-refractivity contribution is -0.167. The molecule has 0 saturated heterocycles. The summed E-state index contributed by atoms with van der Waals surface area (Å²) in [5, 5.41) is 8.22. The first-order valence-electron chi connectivity index (χ1n) is 4.05. The Labute approximate surface area is 71.5 Å². The summed E-state index contributed by atoms with van der Waals surface area (Å²) in [6.07, 6.45) is 2.01. The maximum atomic E-state index is 10.6. The highest BCUT2D eigenvalue weighted by Gasteiger charge is 2.17. The summed E-state index contributed by atoms with van der Waals surface area (Å²) < 4.78 is 4.66. The number of aliphatic carboxylic acids is 1. The number of carbonyl (C=O) groups is 2. The minimum Gasteiger partial charge on any atom is -0.473 e. The van der Waals surface area contributed by atoms with Crippen LogP contribution >= 0.6 is 0 Å². The molecule has 0 saturated carbocycles. The lowest BCUT2D eigenvalue weighted by Crippen LogP contribution is -2.23. The Balaban J connectivity index is 3.85. The van der Waals surface area contributed by atoms with Crippen LogP contribution in [0, 0.1) is 0 Å². The number of carbonyl (C=O) groups excluding carboxylic acids is 1. The van der Waals surface area contributed by atoms with Crippen LogP contribution in [0.15, 0.2) is 0 Å². The molecule has 0 aromatic heterocycles. The highest BCUT2D eigenvalue weighted by atomic mass is 16.6. The second kappa shape index (κ2) is 5.57. The van der Waals surface area contributed by atoms with Crippen LogP contribution < -0.4 is 0 Å². The van der Waals surface area contributed by atoms with Gasteiger partial charge in [-0.3, -0.25) is 0 Å². The minimum absolute atomic E-state index is 0.251. The Morgan fingerprint density at radius 3 is 2.33 bits per heavy atom. The van der Waals surface area contributed by atoms with Crippen molar-refractivity contribution >= 4 is 11.9 Å². The van der Waals surface area contributed by atoms with Gasteiger partial charge in [-0.05, 0) is 12.8 Å². The van der Waals surface area contributed by atoms with Gasteiger partial charge in [0.25, 0.3) is 0 Å². The van der Waals surface area contributed by atoms with E-state index in [-0.39, 0.29) is 6.10 Å². The molecule has 70 valence electrons. The molecule has 0 aromatic rings. The molecule has 1 N–H and O–H groups in total. The third kappa shape index (κ3) is 3.95. The van der Waals surface area contributed by atoms with Crippen LogP contribution in [0.2, 0.25) is 0 Å². The van der Waals surface area contributed by atoms with E-state index in [2.05, 4.69) is 4.74 Å². The van der Waals surface area contributed by atoms with Gasteiger partial charge in [0, 0.05) is 0 Å². The first kappa shape index (κ1) is 10.9. The van der Waals surface area contributed by atoms with Gasteiger partial charge in [0.2, 0.25) is 0 Å². The van der Waals surface area contributed by atoms with Gasteiger partial charge in [-0.1, -0.05) is 20.3 Å². The first-order chi connectivity index (χ1) is 5.61. The summed E-state index contributed by atoms with van der Waals surface area (Å²) >= 11 is 0. The van der Waals surface area contributed by atoms with Crippen molar-refractivity contribution in [2.75, 3.05) is 0 Å². The van der Waals surface area contributed by atoms with Crippen molar-refractivity contribution in [2.24, 2.45) is 0 Å². The molecule has 0 fully saturated rings. The third-order valence-electron chi connectivity index (χ3n) is 1.51. The fourth-order valence-corrected chi connectivity index (χ4v) is 0.870. The molecule has 0 aliphatic carbocycles. The van der Waals surface area contributed by atoms with Crippen LogP contribution in [0.3, 0.4) is 0 Å². The lowest BCUT2D eigenvalue weighted by Gasteiger charge is -2.12. The summed E-state index contributed by atoms with van der Waals surface area (Å²) in [5.41, 5.74) is 0. The van der Waals surface area contributed by atoms with E-state index in [0.717, 1.165) is 12.8 Å². The van der Waals surface area contributed by atoms with Crippen molar-refractivity contribution in [1.29, 1.82) is 0 Å². The van der Waals surface area contributed by atoms with E-state index in [0.29, 0.717) is 6.42 Å². The molecule has 0 heterocycles. The highest BCUT2D eigenvalue weighted by molar-refractivity contribution is 6.28. The Morgan fingerprint density at radius 1 is 1.42 bits per heavy atom. The SMILES string of the molecule is CCCC(CC)OC(=O)C(=O)O. The molecule has 0 amide bonds. The van der Waals surface area contributed by atoms with Gasteiger partial charge in [0.15, 0.2) is 0 Å². The van der Waals surface area contributed by atoms with Crippen molar-refractivity contribution in [3.63, 3.8) is 0 Å². The highest BCUT2D eigenvalue weighted by Crippen LogP contribution is 2.06. The fraction of sp³-hybridized carbons (Fsp3) is 0.750. The van der Waals surface area contributed by atoms with E-state index >= 15 is 0 Å². The molecule has 0 bridgehead atoms. The average molecular weight is 174 g/mol. The summed E-state index contributed by atoms with van der Waals surface area (Å²) in [6.45, 7) is 3.81. The van der Waals surface area contributed by atoms with Gasteiger partial charge in [0.05, 0.1) is 0 Å². The average Bonchev–Trinajstić information content (AvgIpc) is 2.03. The minimum atomic E-state index is -1.52. The second-order valence-corrected chi connectivity index (χ2v) is 2.53. The number of carboxylic acid groups (broad SMARTS) is 1. The Kier molecular flexibility index (Phi) is 5.08. The molecular formula is C8H14O4. The number of ether oxygens (including phenoxy) is 1. The molecule has 0 radical (unpaired) electrons. The van der Waals surface area contributed by atoms with Gasteiger partial charge in [0.1, 0.15) is 6.10 Å². The van der Waals surface area contributed by atoms with Crippen LogP contribution in [-0.2, 0) is 14.3 Å². The number of rotatable bonds is 4. The largest absolute Gasteiger partial charge is 0.473 e. The zero-order chi connectivity index (χ0) is 9.56. The van der Waals surface area contributed by atoms with Crippen molar-refractivity contribution in [2.45, 2.75) is 39.2 Å². The Bertz CT molecular complexity index is 164. The van der Waals surface area contributed by atoms with Crippen LogP contribution in [0.4, 0.5) is 0 Å². The van der Waals surface area contributed by atoms with Crippen molar-refractivity contribution in [1.82, 2.24) is 0 Å². The van der Waals surface area contributed by atoms with Gasteiger partial charge in [-0.15, -0.1) is 0 Å². The number of carboxylic acids is 1. The maximum Gasteiger partial charge on any atom is 0.417 e. The molecule has 0 spiro atoms. The van der Waals surface area contributed by atoms with Crippen molar-refractivity contribution in [3.8, 4) is 0 Å². The van der Waals surface area contributed by atoms with E-state index < -0.39 is 11.9 Å². The molecule has 12 heavy (non-hydrogen) atoms. The Hall–Kier alpha value is -1.06. The van der Waals surface area contributed by atoms with E-state index in [1.807, 2.05) is 13.8 Å². The summed E-state index contributed by atoms with van der Waals surface area (Å²) in [7, 11) is 0. The Morgan fingerprint density at radius 2 is 2.00 bits per heavy atom. The van der Waals surface area contributed by atoms with E-state index in [9.17, 15) is 9.59 Å². The molecule has 0 aromatic carbocycles. The molecule has 1 unspecified atom stereocenters. The van der Waals surface area contributed by atoms with Crippen molar-refractivity contribution in [3.05, 3.63) is 0 Å². The van der Waals surface area contributed by atoms with E-state index in [4.69, 9.17) is 5.11 Å². The van der Waals surface area contributed by atoms with E-state index in [1.54, 1.807) is 0 Å². The zero-order valence-corrected chi connectivity index (χ0v) is 7.37. The van der Waals surface area contributed by atoms with Crippen LogP contribution in [0.1, 0.15) is 33.1 Å². The number of hydrogen-bond donors (Lipinski definition) is 1. The standard InChI is InChI=1S/C8H14O4/c1-3-5-6(4-2)12-8(11)7(9)10/h6H,3-5H2,1-2H3,(H,9,10). The van der Waals surface area contributed by atoms with Crippen LogP contribution in [0.5, 0.6) is 0 Å². The quantitative estimate of drug-likeness (QED) is 0.513. The van der Waals surface area contributed by atoms with E-state index in [1.165, 1.54) is 0 Å². The lowest BCUT2D eigenvalue weighted by atomic mass is 10.2. The monoisotopic (exact) mass is 174 g/mol. The number of esters is 1. The normalized spacial score (nSPS) is 12.2. The summed E-state index contributed by atoms with van der Waals surface area (Å²) in [4.78, 5) is 20.6. The van der Waals surface area contributed by atoms with Gasteiger partial charge in [-0.2, -0.15) is 0 Å². The molecule has 0 rings (SSSR count). The summed E-state index contributed by atoms with van der Waals surface area (Å²) in [6, 6.07) is 0. The third-order valence-corrected chi connectivity index (χ3v) is 1.51. The molecule has 0 aliphatic heterocycles. The van der Waals surface area contributed by atoms with Gasteiger partial charge >= 0.3 is 11.9 Å². The van der Waals surface area contributed by atoms with Crippen LogP contribution in [0.25, 0.3) is 0 Å². The molecule has 4 nitrogen and oxygen atoms in total. The molecule has 1 atom stereocenters. The summed E-state index contributed by atoms with van der Waals surface area (Å²) in [5.74, 6) is -2.68. The zero-order valence-electron chi connectivity index (χ0n) is 7.37. The van der Waals surface area contributed by atoms with Gasteiger partial charge in [-0.25, -0.2) is 9.59 Å². The van der Waals surface area contributed by atoms with Gasteiger partial charge < -0.3 is 9.84 Å². The molecule has 4 heteroatoms. The first-order valence-corrected chi connectivity index (χ1v) is 4.05. The van der Waals surface area contributed by atoms with Crippen molar-refractivity contribution < 1.29 is 19.4 Å². The second-order valence-electron chi connectivity index (χ2n) is 2.53. The smallest absolute Gasteiger partial charge is 0.417 e. The topological polar surface area (TPSA) is 63.6 Å².